The van der Waals surface area contributed by atoms with Crippen molar-refractivity contribution in [2.45, 2.75) is 6.42 Å². The third-order valence-electron chi connectivity index (χ3n) is 2.27. The zero-order valence-electron chi connectivity index (χ0n) is 7.76. The number of rotatable bonds is 5. The van der Waals surface area contributed by atoms with E-state index in [2.05, 4.69) is 10.2 Å². The number of ether oxygens (including phenoxy) is 1. The van der Waals surface area contributed by atoms with Crippen molar-refractivity contribution in [1.82, 2.24) is 5.32 Å². The fraction of sp³-hybridized carbons (Fsp3) is 1.00. The Morgan fingerprint density at radius 1 is 1.33 bits per heavy atom. The van der Waals surface area contributed by atoms with E-state index in [1.807, 2.05) is 0 Å². The van der Waals surface area contributed by atoms with Gasteiger partial charge < -0.3 is 10.1 Å². The minimum atomic E-state index is 0.116. The standard InChI is InChI=1S/C8H17NO3/c1-10-6-8(7-12-11-2)3-4-9-5-8/h9H,3-7H2,1-2H3. The van der Waals surface area contributed by atoms with Gasteiger partial charge >= 0.3 is 0 Å². The molecule has 1 N–H and O–H groups in total. The van der Waals surface area contributed by atoms with Crippen LogP contribution >= 0.6 is 0 Å². The number of hydrogen-bond donors (Lipinski definition) is 1. The predicted molar refractivity (Wildman–Crippen MR) is 44.8 cm³/mol. The minimum Gasteiger partial charge on any atom is -0.384 e. The van der Waals surface area contributed by atoms with Gasteiger partial charge in [-0.25, -0.2) is 9.78 Å². The third-order valence-corrected chi connectivity index (χ3v) is 2.27. The van der Waals surface area contributed by atoms with Crippen molar-refractivity contribution >= 4 is 0 Å². The van der Waals surface area contributed by atoms with Gasteiger partial charge in [-0.05, 0) is 13.0 Å². The summed E-state index contributed by atoms with van der Waals surface area (Å²) < 4.78 is 5.15. The summed E-state index contributed by atoms with van der Waals surface area (Å²) in [6.45, 7) is 3.31. The maximum atomic E-state index is 5.15. The minimum absolute atomic E-state index is 0.116. The highest BCUT2D eigenvalue weighted by molar-refractivity contribution is 4.87. The van der Waals surface area contributed by atoms with Crippen molar-refractivity contribution < 1.29 is 14.5 Å². The lowest BCUT2D eigenvalue weighted by molar-refractivity contribution is -0.290. The summed E-state index contributed by atoms with van der Waals surface area (Å²) in [5.41, 5.74) is 0.116. The maximum Gasteiger partial charge on any atom is 0.0913 e. The van der Waals surface area contributed by atoms with E-state index in [1.54, 1.807) is 7.11 Å². The first-order chi connectivity index (χ1) is 5.83. The molecule has 0 aromatic rings. The molecule has 72 valence electrons. The highest BCUT2D eigenvalue weighted by Gasteiger charge is 2.34. The lowest BCUT2D eigenvalue weighted by Crippen LogP contribution is -2.34. The molecule has 1 saturated heterocycles. The summed E-state index contributed by atoms with van der Waals surface area (Å²) in [7, 11) is 3.25. The summed E-state index contributed by atoms with van der Waals surface area (Å²) in [5.74, 6) is 0. The van der Waals surface area contributed by atoms with Crippen molar-refractivity contribution in [3.05, 3.63) is 0 Å². The van der Waals surface area contributed by atoms with Gasteiger partial charge in [-0.15, -0.1) is 0 Å². The topological polar surface area (TPSA) is 39.7 Å². The Kier molecular flexibility index (Phi) is 3.94. The van der Waals surface area contributed by atoms with E-state index in [0.29, 0.717) is 6.61 Å². The normalized spacial score (nSPS) is 29.5. The van der Waals surface area contributed by atoms with Gasteiger partial charge in [-0.1, -0.05) is 0 Å². The summed E-state index contributed by atoms with van der Waals surface area (Å²) in [6, 6.07) is 0. The van der Waals surface area contributed by atoms with Gasteiger partial charge in [0.15, 0.2) is 0 Å². The van der Waals surface area contributed by atoms with Crippen LogP contribution in [0, 0.1) is 5.41 Å². The molecule has 0 saturated carbocycles. The van der Waals surface area contributed by atoms with Crippen LogP contribution in [0.3, 0.4) is 0 Å². The van der Waals surface area contributed by atoms with Gasteiger partial charge in [0.25, 0.3) is 0 Å². The van der Waals surface area contributed by atoms with E-state index < -0.39 is 0 Å². The van der Waals surface area contributed by atoms with Gasteiger partial charge in [-0.2, -0.15) is 0 Å². The molecule has 0 radical (unpaired) electrons. The van der Waals surface area contributed by atoms with Crippen LogP contribution in [0.5, 0.6) is 0 Å². The van der Waals surface area contributed by atoms with E-state index in [0.717, 1.165) is 26.1 Å². The molecule has 1 aliphatic heterocycles. The quantitative estimate of drug-likeness (QED) is 0.478. The van der Waals surface area contributed by atoms with Crippen LogP contribution in [0.15, 0.2) is 0 Å². The van der Waals surface area contributed by atoms with Gasteiger partial charge in [0.1, 0.15) is 0 Å². The molecule has 1 rings (SSSR count). The number of methoxy groups -OCH3 is 1. The zero-order chi connectivity index (χ0) is 8.86. The molecule has 0 aliphatic carbocycles. The second kappa shape index (κ2) is 4.77. The maximum absolute atomic E-state index is 5.15. The molecule has 0 bridgehead atoms. The first kappa shape index (κ1) is 9.92. The van der Waals surface area contributed by atoms with Crippen LogP contribution in [0.25, 0.3) is 0 Å². The zero-order valence-corrected chi connectivity index (χ0v) is 7.76. The predicted octanol–water partition coefficient (Wildman–Crippen LogP) is 0.191. The first-order valence-corrected chi connectivity index (χ1v) is 4.18. The van der Waals surface area contributed by atoms with E-state index in [-0.39, 0.29) is 5.41 Å². The lowest BCUT2D eigenvalue weighted by Gasteiger charge is -2.25. The van der Waals surface area contributed by atoms with Crippen molar-refractivity contribution in [1.29, 1.82) is 0 Å². The molecule has 4 nitrogen and oxygen atoms in total. The van der Waals surface area contributed by atoms with Crippen molar-refractivity contribution in [3.8, 4) is 0 Å². The smallest absolute Gasteiger partial charge is 0.0913 e. The third kappa shape index (κ3) is 2.42. The van der Waals surface area contributed by atoms with Crippen molar-refractivity contribution in [2.24, 2.45) is 5.41 Å². The monoisotopic (exact) mass is 175 g/mol. The molecule has 0 aromatic heterocycles. The number of nitrogens with one attached hydrogen (secondary N) is 1. The molecule has 0 aromatic carbocycles. The average Bonchev–Trinajstić information content (AvgIpc) is 2.51. The van der Waals surface area contributed by atoms with E-state index >= 15 is 0 Å². The summed E-state index contributed by atoms with van der Waals surface area (Å²) in [5, 5.41) is 3.29. The average molecular weight is 175 g/mol. The Morgan fingerprint density at radius 3 is 2.67 bits per heavy atom. The molecule has 1 heterocycles. The van der Waals surface area contributed by atoms with Gasteiger partial charge in [0.2, 0.25) is 0 Å². The summed E-state index contributed by atoms with van der Waals surface area (Å²) in [6.07, 6.45) is 1.09. The molecular weight excluding hydrogens is 158 g/mol. The van der Waals surface area contributed by atoms with E-state index in [4.69, 9.17) is 9.62 Å². The Hall–Kier alpha value is -0.160. The molecule has 1 atom stereocenters. The summed E-state index contributed by atoms with van der Waals surface area (Å²) >= 11 is 0. The number of hydrogen-bond acceptors (Lipinski definition) is 4. The Bertz CT molecular complexity index is 123. The molecule has 1 aliphatic rings. The van der Waals surface area contributed by atoms with Crippen LogP contribution in [0.1, 0.15) is 6.42 Å². The van der Waals surface area contributed by atoms with Gasteiger partial charge in [0, 0.05) is 19.1 Å². The van der Waals surface area contributed by atoms with Crippen LogP contribution in [-0.2, 0) is 14.5 Å². The van der Waals surface area contributed by atoms with E-state index in [1.165, 1.54) is 7.11 Å². The molecular formula is C8H17NO3. The Labute approximate surface area is 73.1 Å². The molecule has 4 heteroatoms. The molecule has 0 amide bonds. The highest BCUT2D eigenvalue weighted by atomic mass is 17.2. The van der Waals surface area contributed by atoms with Crippen LogP contribution in [0.4, 0.5) is 0 Å². The van der Waals surface area contributed by atoms with E-state index in [9.17, 15) is 0 Å². The van der Waals surface area contributed by atoms with Crippen LogP contribution in [0.2, 0.25) is 0 Å². The van der Waals surface area contributed by atoms with Gasteiger partial charge in [0.05, 0.1) is 20.3 Å². The van der Waals surface area contributed by atoms with Crippen LogP contribution < -0.4 is 5.32 Å². The second-order valence-electron chi connectivity index (χ2n) is 3.29. The first-order valence-electron chi connectivity index (χ1n) is 4.18. The second-order valence-corrected chi connectivity index (χ2v) is 3.29. The molecule has 0 spiro atoms. The molecule has 12 heavy (non-hydrogen) atoms. The van der Waals surface area contributed by atoms with Gasteiger partial charge in [-0.3, -0.25) is 0 Å². The molecule has 1 unspecified atom stereocenters. The van der Waals surface area contributed by atoms with Crippen molar-refractivity contribution in [2.75, 3.05) is 40.5 Å². The lowest BCUT2D eigenvalue weighted by atomic mass is 9.89. The fourth-order valence-corrected chi connectivity index (χ4v) is 1.57. The SMILES string of the molecule is COCC1(COOC)CCNC1. The Morgan fingerprint density at radius 2 is 2.17 bits per heavy atom. The highest BCUT2D eigenvalue weighted by Crippen LogP contribution is 2.25. The van der Waals surface area contributed by atoms with Crippen LogP contribution in [-0.4, -0.2) is 40.5 Å². The van der Waals surface area contributed by atoms with Crippen molar-refractivity contribution in [3.63, 3.8) is 0 Å². The molecule has 1 fully saturated rings. The fourth-order valence-electron chi connectivity index (χ4n) is 1.57. The Balaban J connectivity index is 2.35. The largest absolute Gasteiger partial charge is 0.384 e. The summed E-state index contributed by atoms with van der Waals surface area (Å²) in [4.78, 5) is 9.55.